The number of carboxylic acids is 1. The summed E-state index contributed by atoms with van der Waals surface area (Å²) in [7, 11) is 0. The molecule has 118 valence electrons. The maximum atomic E-state index is 11.0. The van der Waals surface area contributed by atoms with Crippen LogP contribution >= 0.6 is 0 Å². The van der Waals surface area contributed by atoms with Crippen molar-refractivity contribution in [3.63, 3.8) is 0 Å². The molecule has 1 aromatic carbocycles. The van der Waals surface area contributed by atoms with Crippen molar-refractivity contribution in [2.45, 2.75) is 30.7 Å². The van der Waals surface area contributed by atoms with Gasteiger partial charge in [0.2, 0.25) is 6.29 Å². The van der Waals surface area contributed by atoms with E-state index in [0.717, 1.165) is 5.52 Å². The average Bonchev–Trinajstić information content (AvgIpc) is 2.91. The number of fused-ring (bicyclic) bond motifs is 1. The summed E-state index contributed by atoms with van der Waals surface area (Å²) in [6, 6.07) is 7.21. The predicted molar refractivity (Wildman–Crippen MR) is 73.2 cm³/mol. The van der Waals surface area contributed by atoms with Gasteiger partial charge in [-0.1, -0.05) is 12.1 Å². The standard InChI is InChI=1S/C14H15NO7/c16-9-10(17)12(13(19)20)22-14(11(9)18)21-8-5-15-7-4-2-1-3-6(7)8/h1-5,9-12,14-18H,(H,19,20)/t9-,10-,11+,12-,14?/m0/s1. The lowest BCUT2D eigenvalue weighted by molar-refractivity contribution is -0.270. The van der Waals surface area contributed by atoms with E-state index in [2.05, 4.69) is 4.98 Å². The lowest BCUT2D eigenvalue weighted by Crippen LogP contribution is -2.61. The zero-order chi connectivity index (χ0) is 15.9. The Morgan fingerprint density at radius 2 is 1.86 bits per heavy atom. The third-order valence-electron chi connectivity index (χ3n) is 3.61. The largest absolute Gasteiger partial charge is 0.479 e. The minimum atomic E-state index is -1.74. The van der Waals surface area contributed by atoms with Crippen molar-refractivity contribution < 1.29 is 34.7 Å². The molecule has 1 fully saturated rings. The molecule has 0 radical (unpaired) electrons. The number of aliphatic hydroxyl groups excluding tert-OH is 3. The first-order chi connectivity index (χ1) is 10.5. The monoisotopic (exact) mass is 309 g/mol. The molecule has 22 heavy (non-hydrogen) atoms. The Hall–Kier alpha value is -2.13. The number of rotatable bonds is 3. The molecule has 0 amide bonds. The minimum absolute atomic E-state index is 0.340. The van der Waals surface area contributed by atoms with Crippen LogP contribution in [0.5, 0.6) is 5.75 Å². The Labute approximate surface area is 124 Å². The molecule has 1 aliphatic rings. The van der Waals surface area contributed by atoms with E-state index in [0.29, 0.717) is 11.1 Å². The van der Waals surface area contributed by atoms with Crippen molar-refractivity contribution in [2.24, 2.45) is 0 Å². The van der Waals surface area contributed by atoms with Crippen LogP contribution in [-0.4, -0.2) is 62.1 Å². The molecule has 0 spiro atoms. The number of carbonyl (C=O) groups is 1. The lowest BCUT2D eigenvalue weighted by Gasteiger charge is -2.38. The molecule has 0 saturated carbocycles. The number of nitrogens with one attached hydrogen (secondary N) is 1. The molecule has 0 bridgehead atoms. The quantitative estimate of drug-likeness (QED) is 0.513. The fourth-order valence-electron chi connectivity index (χ4n) is 2.42. The second kappa shape index (κ2) is 5.58. The second-order valence-corrected chi connectivity index (χ2v) is 5.05. The van der Waals surface area contributed by atoms with E-state index in [1.807, 2.05) is 12.1 Å². The average molecular weight is 309 g/mol. The maximum Gasteiger partial charge on any atom is 0.335 e. The van der Waals surface area contributed by atoms with Crippen molar-refractivity contribution >= 4 is 16.9 Å². The molecule has 2 heterocycles. The summed E-state index contributed by atoms with van der Waals surface area (Å²) in [5, 5.41) is 39.0. The Kier molecular flexibility index (Phi) is 3.75. The van der Waals surface area contributed by atoms with E-state index in [-0.39, 0.29) is 0 Å². The zero-order valence-corrected chi connectivity index (χ0v) is 11.3. The second-order valence-electron chi connectivity index (χ2n) is 5.05. The molecular weight excluding hydrogens is 294 g/mol. The summed E-state index contributed by atoms with van der Waals surface area (Å²) in [5.41, 5.74) is 0.790. The smallest absolute Gasteiger partial charge is 0.335 e. The normalized spacial score (nSPS) is 32.0. The highest BCUT2D eigenvalue weighted by Crippen LogP contribution is 2.29. The highest BCUT2D eigenvalue weighted by atomic mass is 16.7. The van der Waals surface area contributed by atoms with Crippen LogP contribution in [0.3, 0.4) is 0 Å². The molecule has 1 unspecified atom stereocenters. The molecule has 1 aromatic heterocycles. The van der Waals surface area contributed by atoms with Gasteiger partial charge in [-0.25, -0.2) is 4.79 Å². The molecular formula is C14H15NO7. The molecule has 1 aliphatic heterocycles. The van der Waals surface area contributed by atoms with Gasteiger partial charge in [-0.3, -0.25) is 0 Å². The summed E-state index contributed by atoms with van der Waals surface area (Å²) in [6.45, 7) is 0. The highest BCUT2D eigenvalue weighted by molar-refractivity contribution is 5.85. The fraction of sp³-hybridized carbons (Fsp3) is 0.357. The Morgan fingerprint density at radius 3 is 2.59 bits per heavy atom. The van der Waals surface area contributed by atoms with E-state index < -0.39 is 36.7 Å². The summed E-state index contributed by atoms with van der Waals surface area (Å²) in [6.07, 6.45) is -6.58. The molecule has 2 aromatic rings. The van der Waals surface area contributed by atoms with Gasteiger partial charge in [0.1, 0.15) is 24.1 Å². The van der Waals surface area contributed by atoms with E-state index in [9.17, 15) is 20.1 Å². The van der Waals surface area contributed by atoms with Gasteiger partial charge < -0.3 is 34.9 Å². The van der Waals surface area contributed by atoms with Crippen LogP contribution in [0.1, 0.15) is 0 Å². The van der Waals surface area contributed by atoms with Gasteiger partial charge in [0.25, 0.3) is 0 Å². The molecule has 0 aliphatic carbocycles. The number of aliphatic hydroxyl groups is 3. The number of hydrogen-bond acceptors (Lipinski definition) is 6. The van der Waals surface area contributed by atoms with Crippen molar-refractivity contribution in [1.82, 2.24) is 4.98 Å². The number of aliphatic carboxylic acids is 1. The fourth-order valence-corrected chi connectivity index (χ4v) is 2.42. The highest BCUT2D eigenvalue weighted by Gasteiger charge is 2.48. The van der Waals surface area contributed by atoms with E-state index in [1.54, 1.807) is 12.1 Å². The number of carboxylic acid groups (broad SMARTS) is 1. The molecule has 1 saturated heterocycles. The van der Waals surface area contributed by atoms with Crippen LogP contribution in [0.4, 0.5) is 0 Å². The Bertz CT molecular complexity index is 685. The van der Waals surface area contributed by atoms with Gasteiger partial charge in [0.15, 0.2) is 6.10 Å². The molecule has 5 N–H and O–H groups in total. The Balaban J connectivity index is 1.85. The number of aromatic nitrogens is 1. The predicted octanol–water partition coefficient (Wildman–Crippen LogP) is -0.561. The Morgan fingerprint density at radius 1 is 1.14 bits per heavy atom. The van der Waals surface area contributed by atoms with Crippen LogP contribution in [0.2, 0.25) is 0 Å². The number of H-pyrrole nitrogens is 1. The van der Waals surface area contributed by atoms with Crippen LogP contribution in [0.15, 0.2) is 30.5 Å². The third-order valence-corrected chi connectivity index (χ3v) is 3.61. The number of aromatic amines is 1. The van der Waals surface area contributed by atoms with Gasteiger partial charge in [-0.05, 0) is 12.1 Å². The number of hydrogen-bond donors (Lipinski definition) is 5. The molecule has 8 nitrogen and oxygen atoms in total. The van der Waals surface area contributed by atoms with E-state index in [1.165, 1.54) is 6.20 Å². The summed E-state index contributed by atoms with van der Waals surface area (Å²) < 4.78 is 10.6. The lowest BCUT2D eigenvalue weighted by atomic mass is 9.99. The van der Waals surface area contributed by atoms with Gasteiger partial charge in [0, 0.05) is 17.1 Å². The maximum absolute atomic E-state index is 11.0. The van der Waals surface area contributed by atoms with Gasteiger partial charge in [-0.2, -0.15) is 0 Å². The van der Waals surface area contributed by atoms with Crippen molar-refractivity contribution in [1.29, 1.82) is 0 Å². The first-order valence-corrected chi connectivity index (χ1v) is 6.64. The summed E-state index contributed by atoms with van der Waals surface area (Å²) in [5.74, 6) is -1.11. The van der Waals surface area contributed by atoms with Crippen LogP contribution in [0, 0.1) is 0 Å². The number of para-hydroxylation sites is 1. The summed E-state index contributed by atoms with van der Waals surface area (Å²) in [4.78, 5) is 14.0. The van der Waals surface area contributed by atoms with Crippen LogP contribution < -0.4 is 4.74 Å². The molecule has 5 atom stereocenters. The van der Waals surface area contributed by atoms with Gasteiger partial charge in [0.05, 0.1) is 0 Å². The first kappa shape index (κ1) is 14.8. The van der Waals surface area contributed by atoms with Crippen molar-refractivity contribution in [3.05, 3.63) is 30.5 Å². The van der Waals surface area contributed by atoms with Crippen LogP contribution in [-0.2, 0) is 9.53 Å². The molecule has 3 rings (SSSR count). The number of benzene rings is 1. The van der Waals surface area contributed by atoms with Crippen molar-refractivity contribution in [3.8, 4) is 5.75 Å². The third kappa shape index (κ3) is 2.42. The topological polar surface area (TPSA) is 132 Å². The SMILES string of the molecule is O=C(O)[C@H]1OC(Oc2c[nH]c3ccccc23)[C@H](O)[C@@H](O)[C@@H]1O. The van der Waals surface area contributed by atoms with Crippen LogP contribution in [0.25, 0.3) is 10.9 Å². The van der Waals surface area contributed by atoms with E-state index in [4.69, 9.17) is 14.6 Å². The summed E-state index contributed by atoms with van der Waals surface area (Å²) >= 11 is 0. The van der Waals surface area contributed by atoms with Gasteiger partial charge >= 0.3 is 5.97 Å². The number of ether oxygens (including phenoxy) is 2. The zero-order valence-electron chi connectivity index (χ0n) is 11.3. The van der Waals surface area contributed by atoms with Crippen molar-refractivity contribution in [2.75, 3.05) is 0 Å². The van der Waals surface area contributed by atoms with Gasteiger partial charge in [-0.15, -0.1) is 0 Å². The first-order valence-electron chi connectivity index (χ1n) is 6.64. The van der Waals surface area contributed by atoms with E-state index >= 15 is 0 Å². The molecule has 8 heteroatoms. The minimum Gasteiger partial charge on any atom is -0.479 e.